The van der Waals surface area contributed by atoms with Gasteiger partial charge in [0.2, 0.25) is 0 Å². The maximum absolute atomic E-state index is 12.7. The standard InChI is InChI=1S/C12H11F6O4P/c1-21-23(20,22-2)6-10(19)7-3-8(11(13,14)15)5-9(4-7)12(16,17)18/h3-5H,6H2,1-2H3. The van der Waals surface area contributed by atoms with E-state index >= 15 is 0 Å². The molecule has 0 unspecified atom stereocenters. The van der Waals surface area contributed by atoms with Crippen molar-refractivity contribution in [1.82, 2.24) is 0 Å². The first-order valence-electron chi connectivity index (χ1n) is 5.85. The number of Topliss-reactive ketones (excluding diaryl/α,β-unsaturated/α-hetero) is 1. The summed E-state index contributed by atoms with van der Waals surface area (Å²) in [4.78, 5) is 11.9. The number of halogens is 6. The molecule has 0 bridgehead atoms. The highest BCUT2D eigenvalue weighted by Crippen LogP contribution is 2.47. The van der Waals surface area contributed by atoms with Crippen LogP contribution in [0.25, 0.3) is 0 Å². The van der Waals surface area contributed by atoms with E-state index < -0.39 is 48.6 Å². The average molecular weight is 364 g/mol. The molecule has 0 N–H and O–H groups in total. The van der Waals surface area contributed by atoms with Crippen LogP contribution in [0.4, 0.5) is 26.3 Å². The van der Waals surface area contributed by atoms with E-state index in [1.54, 1.807) is 0 Å². The van der Waals surface area contributed by atoms with Crippen molar-refractivity contribution in [2.75, 3.05) is 20.4 Å². The molecule has 0 heterocycles. The summed E-state index contributed by atoms with van der Waals surface area (Å²) >= 11 is 0. The Morgan fingerprint density at radius 2 is 1.35 bits per heavy atom. The van der Waals surface area contributed by atoms with Crippen molar-refractivity contribution in [1.29, 1.82) is 0 Å². The minimum atomic E-state index is -5.08. The van der Waals surface area contributed by atoms with Crippen LogP contribution in [0.15, 0.2) is 18.2 Å². The Kier molecular flexibility index (Phi) is 5.66. The minimum absolute atomic E-state index is 0.108. The summed E-state index contributed by atoms with van der Waals surface area (Å²) in [5.41, 5.74) is -4.16. The van der Waals surface area contributed by atoms with Crippen molar-refractivity contribution < 1.29 is 44.7 Å². The number of hydrogen-bond acceptors (Lipinski definition) is 4. The van der Waals surface area contributed by atoms with Gasteiger partial charge in [0.1, 0.15) is 6.16 Å². The normalized spacial score (nSPS) is 13.2. The summed E-state index contributed by atoms with van der Waals surface area (Å²) in [6.07, 6.45) is -11.1. The van der Waals surface area contributed by atoms with Crippen LogP contribution in [0.1, 0.15) is 21.5 Å². The molecule has 23 heavy (non-hydrogen) atoms. The molecule has 1 aromatic carbocycles. The van der Waals surface area contributed by atoms with E-state index in [4.69, 9.17) is 0 Å². The van der Waals surface area contributed by atoms with E-state index in [2.05, 4.69) is 9.05 Å². The number of hydrogen-bond donors (Lipinski definition) is 0. The molecular formula is C12H11F6O4P. The van der Waals surface area contributed by atoms with Gasteiger partial charge in [0, 0.05) is 19.8 Å². The van der Waals surface area contributed by atoms with Crippen molar-refractivity contribution in [2.24, 2.45) is 0 Å². The Morgan fingerprint density at radius 3 is 1.65 bits per heavy atom. The summed E-state index contributed by atoms with van der Waals surface area (Å²) in [5.74, 6) is -1.23. The Morgan fingerprint density at radius 1 is 0.957 bits per heavy atom. The van der Waals surface area contributed by atoms with Gasteiger partial charge in [0.25, 0.3) is 0 Å². The summed E-state index contributed by atoms with van der Waals surface area (Å²) in [5, 5.41) is 0. The van der Waals surface area contributed by atoms with Crippen LogP contribution >= 0.6 is 7.60 Å². The Hall–Kier alpha value is -1.38. The molecule has 1 rings (SSSR count). The van der Waals surface area contributed by atoms with Crippen molar-refractivity contribution in [2.45, 2.75) is 12.4 Å². The number of benzene rings is 1. The Balaban J connectivity index is 3.36. The third kappa shape index (κ3) is 5.05. The van der Waals surface area contributed by atoms with E-state index in [1.807, 2.05) is 0 Å². The molecule has 1 aromatic rings. The third-order valence-electron chi connectivity index (χ3n) is 2.80. The molecular weight excluding hydrogens is 353 g/mol. The lowest BCUT2D eigenvalue weighted by molar-refractivity contribution is -0.143. The fourth-order valence-corrected chi connectivity index (χ4v) is 2.53. The minimum Gasteiger partial charge on any atom is -0.312 e. The van der Waals surface area contributed by atoms with Gasteiger partial charge in [-0.05, 0) is 18.2 Å². The number of alkyl halides is 6. The van der Waals surface area contributed by atoms with Crippen LogP contribution in [-0.2, 0) is 26.0 Å². The first kappa shape index (κ1) is 19.7. The van der Waals surface area contributed by atoms with Crippen LogP contribution in [0, 0.1) is 0 Å². The molecule has 11 heteroatoms. The molecule has 0 spiro atoms. The number of rotatable bonds is 5. The second kappa shape index (κ2) is 6.62. The zero-order chi connectivity index (χ0) is 18.1. The SMILES string of the molecule is COP(=O)(CC(=O)c1cc(C(F)(F)F)cc(C(F)(F)F)c1)OC. The van der Waals surface area contributed by atoms with Gasteiger partial charge in [-0.15, -0.1) is 0 Å². The predicted molar refractivity (Wildman–Crippen MR) is 67.3 cm³/mol. The zero-order valence-corrected chi connectivity index (χ0v) is 12.7. The van der Waals surface area contributed by atoms with Gasteiger partial charge in [0.15, 0.2) is 5.78 Å². The van der Waals surface area contributed by atoms with Crippen LogP contribution in [0.3, 0.4) is 0 Å². The molecule has 0 atom stereocenters. The highest BCUT2D eigenvalue weighted by molar-refractivity contribution is 7.54. The molecule has 0 aliphatic heterocycles. The number of ketones is 1. The monoisotopic (exact) mass is 364 g/mol. The van der Waals surface area contributed by atoms with Gasteiger partial charge >= 0.3 is 19.9 Å². The lowest BCUT2D eigenvalue weighted by atomic mass is 10.0. The fraction of sp³-hybridized carbons (Fsp3) is 0.417. The largest absolute Gasteiger partial charge is 0.416 e. The lowest BCUT2D eigenvalue weighted by Crippen LogP contribution is -2.15. The van der Waals surface area contributed by atoms with Gasteiger partial charge in [0.05, 0.1) is 11.1 Å². The smallest absolute Gasteiger partial charge is 0.312 e. The van der Waals surface area contributed by atoms with Crippen molar-refractivity contribution in [3.63, 3.8) is 0 Å². The summed E-state index contributed by atoms with van der Waals surface area (Å²) in [6.45, 7) is 0. The quantitative estimate of drug-likeness (QED) is 0.442. The highest BCUT2D eigenvalue weighted by atomic mass is 31.2. The van der Waals surface area contributed by atoms with Gasteiger partial charge in [-0.1, -0.05) is 0 Å². The molecule has 4 nitrogen and oxygen atoms in total. The Labute approximate surface area is 126 Å². The second-order valence-electron chi connectivity index (χ2n) is 4.35. The molecule has 0 aliphatic rings. The van der Waals surface area contributed by atoms with E-state index in [0.717, 1.165) is 14.2 Å². The van der Waals surface area contributed by atoms with Crippen molar-refractivity contribution in [3.8, 4) is 0 Å². The van der Waals surface area contributed by atoms with Crippen LogP contribution < -0.4 is 0 Å². The Bertz CT molecular complexity index is 597. The van der Waals surface area contributed by atoms with Crippen LogP contribution in [-0.4, -0.2) is 26.2 Å². The fourth-order valence-electron chi connectivity index (χ4n) is 1.59. The second-order valence-corrected chi connectivity index (χ2v) is 6.62. The molecule has 0 aliphatic carbocycles. The zero-order valence-electron chi connectivity index (χ0n) is 11.8. The molecule has 0 amide bonds. The predicted octanol–water partition coefficient (Wildman–Crippen LogP) is 4.39. The van der Waals surface area contributed by atoms with E-state index in [-0.39, 0.29) is 18.2 Å². The third-order valence-corrected chi connectivity index (χ3v) is 4.59. The summed E-state index contributed by atoms with van der Waals surface area (Å²) < 4.78 is 96.8. The lowest BCUT2D eigenvalue weighted by Gasteiger charge is -2.15. The first-order chi connectivity index (χ1) is 10.3. The number of carbonyl (C=O) groups excluding carboxylic acids is 1. The molecule has 0 saturated heterocycles. The summed E-state index contributed by atoms with van der Waals surface area (Å²) in [6, 6.07) is 0.406. The first-order valence-corrected chi connectivity index (χ1v) is 7.58. The van der Waals surface area contributed by atoms with E-state index in [1.165, 1.54) is 0 Å². The van der Waals surface area contributed by atoms with Gasteiger partial charge < -0.3 is 9.05 Å². The van der Waals surface area contributed by atoms with E-state index in [9.17, 15) is 35.7 Å². The van der Waals surface area contributed by atoms with Crippen molar-refractivity contribution >= 4 is 13.4 Å². The highest BCUT2D eigenvalue weighted by Gasteiger charge is 2.38. The van der Waals surface area contributed by atoms with Gasteiger partial charge in [-0.25, -0.2) is 0 Å². The van der Waals surface area contributed by atoms with Gasteiger partial charge in [-0.3, -0.25) is 9.36 Å². The van der Waals surface area contributed by atoms with Crippen LogP contribution in [0.5, 0.6) is 0 Å². The van der Waals surface area contributed by atoms with Gasteiger partial charge in [-0.2, -0.15) is 26.3 Å². The van der Waals surface area contributed by atoms with Crippen LogP contribution in [0.2, 0.25) is 0 Å². The molecule has 0 radical (unpaired) electrons. The maximum Gasteiger partial charge on any atom is 0.416 e. The summed E-state index contributed by atoms with van der Waals surface area (Å²) in [7, 11) is -2.06. The average Bonchev–Trinajstić information content (AvgIpc) is 2.44. The molecule has 130 valence electrons. The molecule has 0 saturated carbocycles. The maximum atomic E-state index is 12.7. The van der Waals surface area contributed by atoms with E-state index in [0.29, 0.717) is 0 Å². The topological polar surface area (TPSA) is 52.6 Å². The molecule has 0 aromatic heterocycles. The van der Waals surface area contributed by atoms with Crippen molar-refractivity contribution in [3.05, 3.63) is 34.9 Å². The number of carbonyl (C=O) groups is 1. The molecule has 0 fully saturated rings.